The highest BCUT2D eigenvalue weighted by Crippen LogP contribution is 2.22. The van der Waals surface area contributed by atoms with Crippen molar-refractivity contribution in [3.05, 3.63) is 22.1 Å². The van der Waals surface area contributed by atoms with E-state index in [1.54, 1.807) is 6.07 Å². The maximum absolute atomic E-state index is 12.2. The molecule has 7 nitrogen and oxygen atoms in total. The van der Waals surface area contributed by atoms with E-state index < -0.39 is 0 Å². The number of carbonyl (C=O) groups excluding carboxylic acids is 1. The highest BCUT2D eigenvalue weighted by Gasteiger charge is 2.18. The highest BCUT2D eigenvalue weighted by atomic mass is 32.2. The molecule has 3 rings (SSSR count). The summed E-state index contributed by atoms with van der Waals surface area (Å²) in [6.45, 7) is 4.02. The summed E-state index contributed by atoms with van der Waals surface area (Å²) in [6.07, 6.45) is 5.80. The minimum absolute atomic E-state index is 0.0270. The Hall–Kier alpha value is -1.83. The normalized spacial score (nSPS) is 16.0. The van der Waals surface area contributed by atoms with E-state index in [1.807, 2.05) is 18.2 Å². The van der Waals surface area contributed by atoms with Gasteiger partial charge in [0, 0.05) is 17.8 Å². The molecule has 0 aliphatic heterocycles. The Morgan fingerprint density at radius 2 is 2.12 bits per heavy atom. The first-order valence-electron chi connectivity index (χ1n) is 8.45. The number of rotatable bonds is 5. The van der Waals surface area contributed by atoms with Gasteiger partial charge < -0.3 is 5.32 Å². The zero-order valence-electron chi connectivity index (χ0n) is 14.0. The number of fused-ring (bicyclic) bond motifs is 1. The Kier molecular flexibility index (Phi) is 5.23. The monoisotopic (exact) mass is 349 g/mol. The molecule has 1 fully saturated rings. The number of H-pyrrole nitrogens is 1. The lowest BCUT2D eigenvalue weighted by atomic mass is 9.95. The summed E-state index contributed by atoms with van der Waals surface area (Å²) in [6, 6.07) is 1.87. The fourth-order valence-electron chi connectivity index (χ4n) is 3.09. The molecular formula is C16H23N5O2S. The molecule has 0 saturated heterocycles. The van der Waals surface area contributed by atoms with Crippen LogP contribution in [0.3, 0.4) is 0 Å². The second-order valence-corrected chi connectivity index (χ2v) is 7.49. The van der Waals surface area contributed by atoms with Crippen LogP contribution in [0.15, 0.2) is 16.0 Å². The quantitative estimate of drug-likeness (QED) is 0.806. The first kappa shape index (κ1) is 17.0. The van der Waals surface area contributed by atoms with Crippen LogP contribution in [0.4, 0.5) is 0 Å². The highest BCUT2D eigenvalue weighted by molar-refractivity contribution is 7.99. The molecule has 1 aliphatic rings. The molecule has 1 saturated carbocycles. The number of nitrogens with one attached hydrogen (secondary N) is 2. The van der Waals surface area contributed by atoms with Gasteiger partial charge in [0.15, 0.2) is 5.16 Å². The van der Waals surface area contributed by atoms with Gasteiger partial charge in [-0.3, -0.25) is 19.0 Å². The summed E-state index contributed by atoms with van der Waals surface area (Å²) in [5, 5.41) is 11.9. The minimum atomic E-state index is -0.190. The molecule has 8 heteroatoms. The van der Waals surface area contributed by atoms with Crippen molar-refractivity contribution in [1.82, 2.24) is 24.9 Å². The van der Waals surface area contributed by atoms with Crippen molar-refractivity contribution in [3.8, 4) is 0 Å². The molecule has 0 atom stereocenters. The van der Waals surface area contributed by atoms with Crippen LogP contribution in [0.25, 0.3) is 5.78 Å². The standard InChI is InChI=1S/C16H23N5O2S/c1-10(2)12-8-13(22)18-15-19-20-16(21(12)15)24-9-14(23)17-11-6-4-3-5-7-11/h8,10-11H,3-7,9H2,1-2H3,(H,17,23)(H,18,19,22). The predicted molar refractivity (Wildman–Crippen MR) is 93.4 cm³/mol. The third kappa shape index (κ3) is 3.80. The molecule has 2 heterocycles. The van der Waals surface area contributed by atoms with Crippen LogP contribution in [0.5, 0.6) is 0 Å². The lowest BCUT2D eigenvalue weighted by Gasteiger charge is -2.22. The molecular weight excluding hydrogens is 326 g/mol. The summed E-state index contributed by atoms with van der Waals surface area (Å²) in [4.78, 5) is 26.5. The van der Waals surface area contributed by atoms with Gasteiger partial charge in [0.1, 0.15) is 0 Å². The maximum atomic E-state index is 12.2. The molecule has 2 N–H and O–H groups in total. The van der Waals surface area contributed by atoms with Crippen molar-refractivity contribution in [2.45, 2.75) is 63.1 Å². The van der Waals surface area contributed by atoms with E-state index in [2.05, 4.69) is 20.5 Å². The van der Waals surface area contributed by atoms with Crippen LogP contribution < -0.4 is 10.9 Å². The largest absolute Gasteiger partial charge is 0.353 e. The fraction of sp³-hybridized carbons (Fsp3) is 0.625. The third-order valence-electron chi connectivity index (χ3n) is 4.30. The number of aromatic nitrogens is 4. The topological polar surface area (TPSA) is 92.2 Å². The number of carbonyl (C=O) groups is 1. The molecule has 1 aliphatic carbocycles. The van der Waals surface area contributed by atoms with E-state index in [0.29, 0.717) is 22.7 Å². The summed E-state index contributed by atoms with van der Waals surface area (Å²) >= 11 is 1.35. The average Bonchev–Trinajstić information content (AvgIpc) is 2.95. The molecule has 2 aromatic heterocycles. The predicted octanol–water partition coefficient (Wildman–Crippen LogP) is 2.08. The molecule has 0 spiro atoms. The first-order valence-corrected chi connectivity index (χ1v) is 9.43. The van der Waals surface area contributed by atoms with Gasteiger partial charge in [-0.15, -0.1) is 10.2 Å². The van der Waals surface area contributed by atoms with E-state index >= 15 is 0 Å². The van der Waals surface area contributed by atoms with Gasteiger partial charge in [0.05, 0.1) is 5.75 Å². The minimum Gasteiger partial charge on any atom is -0.353 e. The average molecular weight is 349 g/mol. The zero-order chi connectivity index (χ0) is 17.1. The number of thioether (sulfide) groups is 1. The summed E-state index contributed by atoms with van der Waals surface area (Å²) in [5.41, 5.74) is 0.652. The van der Waals surface area contributed by atoms with Gasteiger partial charge in [0.25, 0.3) is 5.56 Å². The fourth-order valence-corrected chi connectivity index (χ4v) is 3.86. The van der Waals surface area contributed by atoms with Crippen molar-refractivity contribution in [3.63, 3.8) is 0 Å². The van der Waals surface area contributed by atoms with Crippen LogP contribution in [-0.2, 0) is 4.79 Å². The summed E-state index contributed by atoms with van der Waals surface area (Å²) in [7, 11) is 0. The van der Waals surface area contributed by atoms with Gasteiger partial charge >= 0.3 is 0 Å². The SMILES string of the molecule is CC(C)c1cc(=O)[nH]c2nnc(SCC(=O)NC3CCCCC3)n12. The number of aromatic amines is 1. The van der Waals surface area contributed by atoms with Crippen molar-refractivity contribution >= 4 is 23.4 Å². The van der Waals surface area contributed by atoms with Crippen molar-refractivity contribution in [2.24, 2.45) is 0 Å². The van der Waals surface area contributed by atoms with Crippen molar-refractivity contribution < 1.29 is 4.79 Å². The van der Waals surface area contributed by atoms with Crippen LogP contribution in [0.2, 0.25) is 0 Å². The van der Waals surface area contributed by atoms with Crippen LogP contribution in [0, 0.1) is 0 Å². The van der Waals surface area contributed by atoms with E-state index in [-0.39, 0.29) is 17.4 Å². The van der Waals surface area contributed by atoms with Gasteiger partial charge in [-0.2, -0.15) is 0 Å². The van der Waals surface area contributed by atoms with Crippen LogP contribution in [0.1, 0.15) is 57.6 Å². The first-order chi connectivity index (χ1) is 11.5. The third-order valence-corrected chi connectivity index (χ3v) is 5.23. The van der Waals surface area contributed by atoms with Crippen molar-refractivity contribution in [2.75, 3.05) is 5.75 Å². The van der Waals surface area contributed by atoms with E-state index in [0.717, 1.165) is 18.5 Å². The van der Waals surface area contributed by atoms with E-state index in [1.165, 1.54) is 31.0 Å². The second kappa shape index (κ2) is 7.38. The molecule has 1 amide bonds. The second-order valence-electron chi connectivity index (χ2n) is 6.55. The Balaban J connectivity index is 1.71. The molecule has 0 bridgehead atoms. The lowest BCUT2D eigenvalue weighted by Crippen LogP contribution is -2.37. The smallest absolute Gasteiger partial charge is 0.252 e. The van der Waals surface area contributed by atoms with Crippen molar-refractivity contribution in [1.29, 1.82) is 0 Å². The van der Waals surface area contributed by atoms with Crippen LogP contribution in [-0.4, -0.2) is 37.3 Å². The molecule has 0 radical (unpaired) electrons. The van der Waals surface area contributed by atoms with E-state index in [4.69, 9.17) is 0 Å². The van der Waals surface area contributed by atoms with Gasteiger partial charge in [0.2, 0.25) is 11.7 Å². The Morgan fingerprint density at radius 1 is 1.38 bits per heavy atom. The molecule has 0 aromatic carbocycles. The lowest BCUT2D eigenvalue weighted by molar-refractivity contribution is -0.119. The molecule has 0 unspecified atom stereocenters. The van der Waals surface area contributed by atoms with Gasteiger partial charge in [-0.05, 0) is 18.8 Å². The zero-order valence-corrected chi connectivity index (χ0v) is 14.9. The summed E-state index contributed by atoms with van der Waals surface area (Å²) in [5.74, 6) is 0.898. The molecule has 24 heavy (non-hydrogen) atoms. The number of amides is 1. The Morgan fingerprint density at radius 3 is 2.83 bits per heavy atom. The van der Waals surface area contributed by atoms with E-state index in [9.17, 15) is 9.59 Å². The number of nitrogens with zero attached hydrogens (tertiary/aromatic N) is 3. The maximum Gasteiger partial charge on any atom is 0.252 e. The number of hydrogen-bond donors (Lipinski definition) is 2. The van der Waals surface area contributed by atoms with Gasteiger partial charge in [-0.1, -0.05) is 44.9 Å². The molecule has 130 valence electrons. The Labute approximate surface area is 144 Å². The molecule has 2 aromatic rings. The number of hydrogen-bond acceptors (Lipinski definition) is 5. The summed E-state index contributed by atoms with van der Waals surface area (Å²) < 4.78 is 1.82. The van der Waals surface area contributed by atoms with Crippen LogP contribution >= 0.6 is 11.8 Å². The van der Waals surface area contributed by atoms with Gasteiger partial charge in [-0.25, -0.2) is 0 Å². The Bertz CT molecular complexity index is 776.